The summed E-state index contributed by atoms with van der Waals surface area (Å²) in [5.74, 6) is 0. The van der Waals surface area contributed by atoms with Crippen LogP contribution < -0.4 is 5.63 Å². The van der Waals surface area contributed by atoms with Crippen molar-refractivity contribution in [1.82, 2.24) is 4.98 Å². The van der Waals surface area contributed by atoms with Crippen molar-refractivity contribution in [2.45, 2.75) is 0 Å². The Morgan fingerprint density at radius 3 is 2.79 bits per heavy atom. The van der Waals surface area contributed by atoms with Crippen molar-refractivity contribution in [3.63, 3.8) is 0 Å². The molecule has 4 nitrogen and oxygen atoms in total. The van der Waals surface area contributed by atoms with Crippen LogP contribution in [0.4, 0.5) is 0 Å². The summed E-state index contributed by atoms with van der Waals surface area (Å²) in [5, 5.41) is 12.6. The molecule has 0 fully saturated rings. The molecule has 0 saturated heterocycles. The molecule has 0 aliphatic rings. The van der Waals surface area contributed by atoms with Crippen molar-refractivity contribution in [1.29, 1.82) is 5.26 Å². The standard InChI is InChI=1S/C23H13BrN2O2S/c24-18-9-10-21-17(11-18)12-19(23(27)28-21)20-14-29-22(26-20)16(13-25)8-4-7-15-5-2-1-3-6-15/h1-12,14H/b7-4+,16-8+. The molecule has 4 aromatic rings. The summed E-state index contributed by atoms with van der Waals surface area (Å²) in [6.07, 6.45) is 5.45. The number of allylic oxidation sites excluding steroid dienone is 3. The van der Waals surface area contributed by atoms with Crippen LogP contribution >= 0.6 is 27.3 Å². The Morgan fingerprint density at radius 2 is 2.00 bits per heavy atom. The zero-order valence-electron chi connectivity index (χ0n) is 15.0. The third-order valence-electron chi connectivity index (χ3n) is 4.18. The van der Waals surface area contributed by atoms with Crippen molar-refractivity contribution in [2.24, 2.45) is 0 Å². The maximum absolute atomic E-state index is 12.4. The molecule has 0 amide bonds. The zero-order valence-corrected chi connectivity index (χ0v) is 17.4. The largest absolute Gasteiger partial charge is 0.422 e. The predicted molar refractivity (Wildman–Crippen MR) is 120 cm³/mol. The lowest BCUT2D eigenvalue weighted by Crippen LogP contribution is -2.02. The molecule has 0 spiro atoms. The smallest absolute Gasteiger partial charge is 0.345 e. The third kappa shape index (κ3) is 4.27. The topological polar surface area (TPSA) is 66.9 Å². The molecule has 0 saturated carbocycles. The van der Waals surface area contributed by atoms with Crippen LogP contribution in [-0.4, -0.2) is 4.98 Å². The quantitative estimate of drug-likeness (QED) is 0.203. The van der Waals surface area contributed by atoms with E-state index < -0.39 is 5.63 Å². The van der Waals surface area contributed by atoms with Gasteiger partial charge < -0.3 is 4.42 Å². The summed E-state index contributed by atoms with van der Waals surface area (Å²) in [6, 6.07) is 19.2. The van der Waals surface area contributed by atoms with E-state index in [9.17, 15) is 10.1 Å². The molecule has 0 radical (unpaired) electrons. The van der Waals surface area contributed by atoms with Crippen LogP contribution in [0.1, 0.15) is 10.6 Å². The van der Waals surface area contributed by atoms with Crippen LogP contribution in [-0.2, 0) is 0 Å². The Hall–Kier alpha value is -3.27. The summed E-state index contributed by atoms with van der Waals surface area (Å²) in [6.45, 7) is 0. The van der Waals surface area contributed by atoms with Crippen molar-refractivity contribution in [2.75, 3.05) is 0 Å². The van der Waals surface area contributed by atoms with E-state index in [1.165, 1.54) is 11.3 Å². The number of hydrogen-bond donors (Lipinski definition) is 0. The van der Waals surface area contributed by atoms with Crippen molar-refractivity contribution in [3.05, 3.63) is 97.6 Å². The third-order valence-corrected chi connectivity index (χ3v) is 5.55. The number of hydrogen-bond acceptors (Lipinski definition) is 5. The highest BCUT2D eigenvalue weighted by Crippen LogP contribution is 2.27. The lowest BCUT2D eigenvalue weighted by molar-refractivity contribution is 0.563. The lowest BCUT2D eigenvalue weighted by Gasteiger charge is -2.00. The fourth-order valence-electron chi connectivity index (χ4n) is 2.77. The molecule has 2 aromatic heterocycles. The van der Waals surface area contributed by atoms with E-state index in [1.807, 2.05) is 54.6 Å². The maximum atomic E-state index is 12.4. The van der Waals surface area contributed by atoms with Gasteiger partial charge in [0.05, 0.1) is 16.8 Å². The number of nitrogens with zero attached hydrogens (tertiary/aromatic N) is 2. The van der Waals surface area contributed by atoms with Gasteiger partial charge in [0.1, 0.15) is 16.7 Å². The van der Waals surface area contributed by atoms with Gasteiger partial charge in [-0.1, -0.05) is 58.4 Å². The maximum Gasteiger partial charge on any atom is 0.345 e. The number of halogens is 1. The van der Waals surface area contributed by atoms with E-state index in [4.69, 9.17) is 4.42 Å². The Bertz CT molecular complexity index is 1340. The van der Waals surface area contributed by atoms with Gasteiger partial charge in [0, 0.05) is 15.2 Å². The van der Waals surface area contributed by atoms with E-state index in [0.29, 0.717) is 27.4 Å². The van der Waals surface area contributed by atoms with Crippen LogP contribution in [0.2, 0.25) is 0 Å². The molecule has 29 heavy (non-hydrogen) atoms. The van der Waals surface area contributed by atoms with Crippen LogP contribution in [0.5, 0.6) is 0 Å². The fraction of sp³-hybridized carbons (Fsp3) is 0. The van der Waals surface area contributed by atoms with Crippen LogP contribution in [0.3, 0.4) is 0 Å². The Kier molecular flexibility index (Phi) is 5.52. The van der Waals surface area contributed by atoms with E-state index in [2.05, 4.69) is 27.0 Å². The van der Waals surface area contributed by atoms with Crippen molar-refractivity contribution < 1.29 is 4.42 Å². The van der Waals surface area contributed by atoms with E-state index >= 15 is 0 Å². The van der Waals surface area contributed by atoms with Crippen molar-refractivity contribution >= 4 is 49.9 Å². The van der Waals surface area contributed by atoms with E-state index in [0.717, 1.165) is 15.4 Å². The molecular weight excluding hydrogens is 448 g/mol. The number of thiazole rings is 1. The van der Waals surface area contributed by atoms with Crippen LogP contribution in [0.25, 0.3) is 33.9 Å². The number of rotatable bonds is 4. The first-order valence-corrected chi connectivity index (χ1v) is 10.3. The molecule has 0 bridgehead atoms. The summed E-state index contributed by atoms with van der Waals surface area (Å²) in [5.41, 5.74) is 2.40. The molecule has 2 heterocycles. The molecule has 0 unspecified atom stereocenters. The first-order chi connectivity index (χ1) is 14.1. The first kappa shape index (κ1) is 19.1. The highest BCUT2D eigenvalue weighted by atomic mass is 79.9. The number of aromatic nitrogens is 1. The molecule has 0 aliphatic heterocycles. The molecule has 0 aliphatic carbocycles. The normalized spacial score (nSPS) is 11.8. The monoisotopic (exact) mass is 460 g/mol. The molecule has 6 heteroatoms. The second-order valence-electron chi connectivity index (χ2n) is 6.13. The first-order valence-electron chi connectivity index (χ1n) is 8.67. The van der Waals surface area contributed by atoms with Crippen molar-refractivity contribution in [3.8, 4) is 17.3 Å². The van der Waals surface area contributed by atoms with Gasteiger partial charge in [-0.2, -0.15) is 5.26 Å². The van der Waals surface area contributed by atoms with Gasteiger partial charge in [0.25, 0.3) is 0 Å². The lowest BCUT2D eigenvalue weighted by atomic mass is 10.1. The van der Waals surface area contributed by atoms with E-state index in [-0.39, 0.29) is 0 Å². The summed E-state index contributed by atoms with van der Waals surface area (Å²) in [4.78, 5) is 16.9. The average Bonchev–Trinajstić information content (AvgIpc) is 3.21. The van der Waals surface area contributed by atoms with Gasteiger partial charge in [-0.3, -0.25) is 0 Å². The summed E-state index contributed by atoms with van der Waals surface area (Å²) >= 11 is 4.74. The minimum atomic E-state index is -0.455. The SMILES string of the molecule is N#C/C(=C\C=C\c1ccccc1)c1nc(-c2cc3cc(Br)ccc3oc2=O)cs1. The molecule has 0 atom stereocenters. The molecule has 2 aromatic carbocycles. The minimum Gasteiger partial charge on any atom is -0.422 e. The molecule has 0 N–H and O–H groups in total. The Labute approximate surface area is 179 Å². The Morgan fingerprint density at radius 1 is 1.17 bits per heavy atom. The van der Waals surface area contributed by atoms with E-state index in [1.54, 1.807) is 23.6 Å². The summed E-state index contributed by atoms with van der Waals surface area (Å²) < 4.78 is 6.30. The number of fused-ring (bicyclic) bond motifs is 1. The van der Waals surface area contributed by atoms with Gasteiger partial charge in [0.2, 0.25) is 0 Å². The second-order valence-corrected chi connectivity index (χ2v) is 7.90. The highest BCUT2D eigenvalue weighted by Gasteiger charge is 2.13. The Balaban J connectivity index is 1.67. The number of nitriles is 1. The number of benzene rings is 2. The average molecular weight is 461 g/mol. The highest BCUT2D eigenvalue weighted by molar-refractivity contribution is 9.10. The molecule has 4 rings (SSSR count). The minimum absolute atomic E-state index is 0.371. The summed E-state index contributed by atoms with van der Waals surface area (Å²) in [7, 11) is 0. The predicted octanol–water partition coefficient (Wildman–Crippen LogP) is 6.30. The van der Waals surface area contributed by atoms with Crippen LogP contribution in [0.15, 0.2) is 85.8 Å². The van der Waals surface area contributed by atoms with Gasteiger partial charge in [-0.25, -0.2) is 9.78 Å². The zero-order chi connectivity index (χ0) is 20.2. The van der Waals surface area contributed by atoms with Crippen LogP contribution in [0, 0.1) is 11.3 Å². The molecule has 140 valence electrons. The fourth-order valence-corrected chi connectivity index (χ4v) is 3.94. The molecular formula is C23H13BrN2O2S. The van der Waals surface area contributed by atoms with Gasteiger partial charge in [0.15, 0.2) is 0 Å². The van der Waals surface area contributed by atoms with Gasteiger partial charge >= 0.3 is 5.63 Å². The van der Waals surface area contributed by atoms with Gasteiger partial charge in [-0.15, -0.1) is 11.3 Å². The second kappa shape index (κ2) is 8.39. The van der Waals surface area contributed by atoms with Gasteiger partial charge in [-0.05, 0) is 35.9 Å².